The van der Waals surface area contributed by atoms with E-state index < -0.39 is 5.41 Å². The van der Waals surface area contributed by atoms with Crippen LogP contribution in [0.2, 0.25) is 0 Å². The molecule has 0 amide bonds. The van der Waals surface area contributed by atoms with Crippen LogP contribution in [0.25, 0.3) is 138 Å². The van der Waals surface area contributed by atoms with Gasteiger partial charge in [-0.15, -0.1) is 0 Å². The molecule has 0 spiro atoms. The van der Waals surface area contributed by atoms with Crippen LogP contribution in [-0.4, -0.2) is 14.5 Å². The molecule has 0 aliphatic heterocycles. The zero-order valence-electron chi connectivity index (χ0n) is 47.0. The number of aromatic nitrogens is 3. The monoisotopic (exact) mass is 1080 g/mol. The van der Waals surface area contributed by atoms with Crippen molar-refractivity contribution >= 4 is 92.7 Å². The zero-order chi connectivity index (χ0) is 56.3. The number of benzene rings is 14. The van der Waals surface area contributed by atoms with Crippen LogP contribution in [0, 0.1) is 0 Å². The highest BCUT2D eigenvalue weighted by Gasteiger charge is 2.41. The summed E-state index contributed by atoms with van der Waals surface area (Å²) in [4.78, 5) is 13.2. The summed E-state index contributed by atoms with van der Waals surface area (Å²) in [6, 6.07) is 106. The van der Waals surface area contributed by atoms with Crippen molar-refractivity contribution in [2.75, 3.05) is 4.90 Å². The van der Waals surface area contributed by atoms with E-state index >= 15 is 0 Å². The first-order chi connectivity index (χ1) is 41.9. The highest BCUT2D eigenvalue weighted by Crippen LogP contribution is 2.58. The van der Waals surface area contributed by atoms with Crippen molar-refractivity contribution in [1.29, 1.82) is 0 Å². The number of fused-ring (bicyclic) bond motifs is 17. The Morgan fingerprint density at radius 3 is 1.55 bits per heavy atom. The van der Waals surface area contributed by atoms with Crippen LogP contribution in [0.1, 0.15) is 25.0 Å². The molecule has 0 N–H and O–H groups in total. The molecule has 0 bridgehead atoms. The van der Waals surface area contributed by atoms with Gasteiger partial charge in [-0.2, -0.15) is 0 Å². The standard InChI is InChI=1S/C81H54N4/c1-81(2)70-49-67-63-39-17-15-37-61(63)60-36-14-16-38-62(60)66(67)48-68(70)76-64-40-18-19-41-65(64)77-69-47-57(84(74-43-23-31-52-26-12-13-34-59(52)74)73-42-21-20-35-58(73)51-24-6-3-7-25-51)44-45-75(69)85(79(77)78(76)81)56-33-22-32-55(46-56)80-82-71(53-27-8-4-9-28-53)50-72(83-80)54-29-10-5-11-30-54/h3-50H,1-2H3. The molecular formula is C81H54N4. The number of rotatable bonds is 8. The smallest absolute Gasteiger partial charge is 0.160 e. The molecule has 1 aliphatic carbocycles. The van der Waals surface area contributed by atoms with Crippen molar-refractivity contribution in [3.05, 3.63) is 302 Å². The average Bonchev–Trinajstić information content (AvgIpc) is 1.55. The fourth-order valence-corrected chi connectivity index (χ4v) is 14.3. The first kappa shape index (κ1) is 48.7. The molecule has 85 heavy (non-hydrogen) atoms. The lowest BCUT2D eigenvalue weighted by Crippen LogP contribution is -2.17. The van der Waals surface area contributed by atoms with Gasteiger partial charge in [0.2, 0.25) is 0 Å². The maximum Gasteiger partial charge on any atom is 0.160 e. The topological polar surface area (TPSA) is 34.0 Å². The second-order valence-electron chi connectivity index (χ2n) is 23.2. The van der Waals surface area contributed by atoms with Crippen LogP contribution in [0.15, 0.2) is 291 Å². The Kier molecular flexibility index (Phi) is 10.9. The molecule has 2 aromatic heterocycles. The van der Waals surface area contributed by atoms with Crippen molar-refractivity contribution in [3.8, 4) is 61.8 Å². The third kappa shape index (κ3) is 7.55. The summed E-state index contributed by atoms with van der Waals surface area (Å²) in [6.45, 7) is 4.92. The van der Waals surface area contributed by atoms with Crippen LogP contribution < -0.4 is 4.90 Å². The maximum absolute atomic E-state index is 5.38. The Morgan fingerprint density at radius 2 is 0.871 bits per heavy atom. The summed E-state index contributed by atoms with van der Waals surface area (Å²) in [6.07, 6.45) is 0. The number of nitrogens with zero attached hydrogens (tertiary/aromatic N) is 4. The third-order valence-electron chi connectivity index (χ3n) is 18.1. The molecule has 0 radical (unpaired) electrons. The number of hydrogen-bond acceptors (Lipinski definition) is 3. The molecule has 1 aliphatic rings. The Labute approximate surface area is 492 Å². The summed E-state index contributed by atoms with van der Waals surface area (Å²) in [5.74, 6) is 0.669. The summed E-state index contributed by atoms with van der Waals surface area (Å²) < 4.78 is 2.57. The fraction of sp³-hybridized carbons (Fsp3) is 0.0370. The molecule has 398 valence electrons. The zero-order valence-corrected chi connectivity index (χ0v) is 47.0. The number of hydrogen-bond donors (Lipinski definition) is 0. The van der Waals surface area contributed by atoms with Gasteiger partial charge in [0.15, 0.2) is 5.82 Å². The fourth-order valence-electron chi connectivity index (χ4n) is 14.3. The maximum atomic E-state index is 5.38. The van der Waals surface area contributed by atoms with Gasteiger partial charge in [-0.05, 0) is 137 Å². The van der Waals surface area contributed by atoms with Gasteiger partial charge in [0.05, 0.1) is 33.8 Å². The Hall–Kier alpha value is -10.9. The van der Waals surface area contributed by atoms with Gasteiger partial charge in [0.1, 0.15) is 0 Å². The second kappa shape index (κ2) is 19.1. The van der Waals surface area contributed by atoms with Gasteiger partial charge in [-0.1, -0.05) is 244 Å². The van der Waals surface area contributed by atoms with E-state index in [1.807, 2.05) is 0 Å². The summed E-state index contributed by atoms with van der Waals surface area (Å²) in [5.41, 5.74) is 18.5. The molecule has 0 unspecified atom stereocenters. The van der Waals surface area contributed by atoms with E-state index in [0.717, 1.165) is 67.5 Å². The third-order valence-corrected chi connectivity index (χ3v) is 18.1. The minimum atomic E-state index is -0.443. The molecule has 0 fully saturated rings. The SMILES string of the molecule is CC1(C)c2cc3c4ccccc4c4ccccc4c3cc2-c2c1c1c(c3ccccc23)c2cc(N(c3ccccc3-c3ccccc3)c3cccc4ccccc34)ccc2n1-c1cccc(-c2nc(-c3ccccc3)cc(-c3ccccc3)n2)c1. The van der Waals surface area contributed by atoms with Crippen LogP contribution in [0.3, 0.4) is 0 Å². The first-order valence-corrected chi connectivity index (χ1v) is 29.4. The molecule has 14 aromatic carbocycles. The van der Waals surface area contributed by atoms with Crippen LogP contribution in [-0.2, 0) is 5.41 Å². The van der Waals surface area contributed by atoms with E-state index in [1.165, 1.54) is 92.4 Å². The van der Waals surface area contributed by atoms with E-state index in [4.69, 9.17) is 9.97 Å². The first-order valence-electron chi connectivity index (χ1n) is 29.4. The van der Waals surface area contributed by atoms with Crippen molar-refractivity contribution < 1.29 is 0 Å². The summed E-state index contributed by atoms with van der Waals surface area (Å²) >= 11 is 0. The van der Waals surface area contributed by atoms with Gasteiger partial charge in [0, 0.05) is 55.2 Å². The van der Waals surface area contributed by atoms with Gasteiger partial charge >= 0.3 is 0 Å². The average molecular weight is 1080 g/mol. The van der Waals surface area contributed by atoms with Crippen LogP contribution in [0.5, 0.6) is 0 Å². The molecule has 0 saturated heterocycles. The van der Waals surface area contributed by atoms with Gasteiger partial charge in [0.25, 0.3) is 0 Å². The Bertz CT molecular complexity index is 5330. The van der Waals surface area contributed by atoms with Crippen molar-refractivity contribution in [1.82, 2.24) is 14.5 Å². The van der Waals surface area contributed by atoms with E-state index in [9.17, 15) is 0 Å². The molecule has 0 atom stereocenters. The normalized spacial score (nSPS) is 12.7. The van der Waals surface area contributed by atoms with Crippen LogP contribution in [0.4, 0.5) is 17.1 Å². The van der Waals surface area contributed by atoms with Gasteiger partial charge < -0.3 is 9.47 Å². The lowest BCUT2D eigenvalue weighted by molar-refractivity contribution is 0.665. The van der Waals surface area contributed by atoms with Gasteiger partial charge in [-0.25, -0.2) is 9.97 Å². The molecule has 17 rings (SSSR count). The lowest BCUT2D eigenvalue weighted by atomic mass is 9.79. The predicted molar refractivity (Wildman–Crippen MR) is 358 cm³/mol. The van der Waals surface area contributed by atoms with E-state index in [-0.39, 0.29) is 0 Å². The van der Waals surface area contributed by atoms with E-state index in [0.29, 0.717) is 5.82 Å². The molecule has 0 saturated carbocycles. The molecule has 4 heteroatoms. The van der Waals surface area contributed by atoms with Crippen molar-refractivity contribution in [2.45, 2.75) is 19.3 Å². The molecule has 2 heterocycles. The minimum Gasteiger partial charge on any atom is -0.309 e. The van der Waals surface area contributed by atoms with Crippen LogP contribution >= 0.6 is 0 Å². The Morgan fingerprint density at radius 1 is 0.353 bits per heavy atom. The van der Waals surface area contributed by atoms with E-state index in [2.05, 4.69) is 315 Å². The summed E-state index contributed by atoms with van der Waals surface area (Å²) in [5, 5.41) is 14.9. The predicted octanol–water partition coefficient (Wildman–Crippen LogP) is 21.8. The minimum absolute atomic E-state index is 0.443. The second-order valence-corrected chi connectivity index (χ2v) is 23.2. The van der Waals surface area contributed by atoms with E-state index in [1.54, 1.807) is 0 Å². The summed E-state index contributed by atoms with van der Waals surface area (Å²) in [7, 11) is 0. The highest BCUT2D eigenvalue weighted by atomic mass is 15.1. The van der Waals surface area contributed by atoms with Crippen molar-refractivity contribution in [2.24, 2.45) is 0 Å². The van der Waals surface area contributed by atoms with Crippen molar-refractivity contribution in [3.63, 3.8) is 0 Å². The van der Waals surface area contributed by atoms with Gasteiger partial charge in [-0.3, -0.25) is 0 Å². The number of para-hydroxylation sites is 1. The largest absolute Gasteiger partial charge is 0.309 e. The molecular weight excluding hydrogens is 1030 g/mol. The molecule has 16 aromatic rings. The quantitative estimate of drug-likeness (QED) is 0.142. The molecule has 4 nitrogen and oxygen atoms in total. The Balaban J connectivity index is 0.987. The number of anilines is 3. The highest BCUT2D eigenvalue weighted by molar-refractivity contribution is 6.30. The lowest BCUT2D eigenvalue weighted by Gasteiger charge is -2.29.